The van der Waals surface area contributed by atoms with Gasteiger partial charge in [-0.2, -0.15) is 0 Å². The van der Waals surface area contributed by atoms with Crippen molar-refractivity contribution < 1.29 is 28.9 Å². The van der Waals surface area contributed by atoms with Crippen molar-refractivity contribution in [1.82, 2.24) is 19.2 Å². The maximum atomic E-state index is 13.5. The summed E-state index contributed by atoms with van der Waals surface area (Å²) in [7, 11) is 8.38. The summed E-state index contributed by atoms with van der Waals surface area (Å²) >= 11 is 0. The second-order valence-electron chi connectivity index (χ2n) is 9.08. The minimum absolute atomic E-state index is 0.0159. The number of carbonyl (C=O) groups excluding carboxylic acids is 2. The van der Waals surface area contributed by atoms with Gasteiger partial charge in [-0.15, -0.1) is 0 Å². The number of rotatable bonds is 9. The van der Waals surface area contributed by atoms with Crippen molar-refractivity contribution in [3.8, 4) is 17.2 Å². The molecule has 2 aromatic heterocycles. The number of nitrogens with zero attached hydrogens (tertiary/aromatic N) is 4. The number of aliphatic hydroxyl groups is 1. The highest BCUT2D eigenvalue weighted by Crippen LogP contribution is 2.46. The number of hydrogen-bond acceptors (Lipinski definition) is 8. The molecule has 0 aliphatic carbocycles. The molecule has 1 N–H and O–H groups in total. The fraction of sp³-hybridized carbons (Fsp3) is 0.370. The van der Waals surface area contributed by atoms with E-state index in [1.807, 2.05) is 25.1 Å². The van der Waals surface area contributed by atoms with Crippen molar-refractivity contribution in [2.45, 2.75) is 19.4 Å². The van der Waals surface area contributed by atoms with Crippen molar-refractivity contribution in [2.75, 3.05) is 48.5 Å². The van der Waals surface area contributed by atoms with Gasteiger partial charge in [0.05, 0.1) is 38.6 Å². The average molecular weight is 509 g/mol. The number of carbonyl (C=O) groups is 2. The number of amides is 1. The van der Waals surface area contributed by atoms with E-state index in [9.17, 15) is 14.7 Å². The molecule has 0 radical (unpaired) electrons. The van der Waals surface area contributed by atoms with Crippen LogP contribution in [-0.4, -0.2) is 84.5 Å². The van der Waals surface area contributed by atoms with Crippen LogP contribution in [0.2, 0.25) is 0 Å². The number of Topliss-reactive ketones (excluding diaryl/α,β-unsaturated/α-hetero) is 1. The topological polar surface area (TPSA) is 106 Å². The molecule has 0 unspecified atom stereocenters. The molecule has 0 saturated carbocycles. The van der Waals surface area contributed by atoms with Crippen molar-refractivity contribution in [1.29, 1.82) is 0 Å². The van der Waals surface area contributed by atoms with E-state index in [-0.39, 0.29) is 11.3 Å². The second kappa shape index (κ2) is 10.5. The summed E-state index contributed by atoms with van der Waals surface area (Å²) in [5.74, 6) is -0.584. The number of methoxy groups -OCH3 is 3. The van der Waals surface area contributed by atoms with Crippen molar-refractivity contribution in [3.05, 3.63) is 59.1 Å². The summed E-state index contributed by atoms with van der Waals surface area (Å²) in [6, 6.07) is 7.98. The molecule has 3 heterocycles. The largest absolute Gasteiger partial charge is 0.505 e. The number of aryl methyl sites for hydroxylation is 1. The maximum absolute atomic E-state index is 13.5. The van der Waals surface area contributed by atoms with Crippen LogP contribution in [-0.2, 0) is 9.59 Å². The van der Waals surface area contributed by atoms with Crippen LogP contribution in [0, 0.1) is 6.92 Å². The zero-order chi connectivity index (χ0) is 26.9. The Morgan fingerprint density at radius 3 is 2.35 bits per heavy atom. The molecule has 1 aliphatic rings. The van der Waals surface area contributed by atoms with E-state index in [1.165, 1.54) is 26.2 Å². The van der Waals surface area contributed by atoms with Crippen LogP contribution < -0.4 is 14.2 Å². The number of hydrogen-bond donors (Lipinski definition) is 1. The molecule has 1 aliphatic heterocycles. The molecular formula is C27H32N4O6. The molecule has 4 rings (SSSR count). The second-order valence-corrected chi connectivity index (χ2v) is 9.08. The molecule has 0 spiro atoms. The SMILES string of the molecule is COc1cc([C@H]2/C(=C(\O)c3c(C)nc4ccccn34)C(=O)C(=O)N2CCCN(C)C)cc(OC)c1OC. The molecule has 1 fully saturated rings. The van der Waals surface area contributed by atoms with Crippen molar-refractivity contribution in [2.24, 2.45) is 0 Å². The van der Waals surface area contributed by atoms with Crippen LogP contribution in [0.25, 0.3) is 11.4 Å². The van der Waals surface area contributed by atoms with Crippen LogP contribution in [0.15, 0.2) is 42.1 Å². The van der Waals surface area contributed by atoms with Gasteiger partial charge in [-0.25, -0.2) is 4.98 Å². The van der Waals surface area contributed by atoms with Gasteiger partial charge in [-0.1, -0.05) is 6.07 Å². The van der Waals surface area contributed by atoms with Gasteiger partial charge in [0.25, 0.3) is 11.7 Å². The summed E-state index contributed by atoms with van der Waals surface area (Å²) in [6.07, 6.45) is 2.39. The first kappa shape index (κ1) is 26.0. The number of pyridine rings is 1. The average Bonchev–Trinajstić information content (AvgIpc) is 3.35. The molecular weight excluding hydrogens is 476 g/mol. The van der Waals surface area contributed by atoms with E-state index < -0.39 is 17.7 Å². The normalized spacial score (nSPS) is 17.2. The number of ketones is 1. The summed E-state index contributed by atoms with van der Waals surface area (Å²) in [6.45, 7) is 2.79. The number of fused-ring (bicyclic) bond motifs is 1. The predicted molar refractivity (Wildman–Crippen MR) is 138 cm³/mol. The molecule has 1 amide bonds. The maximum Gasteiger partial charge on any atom is 0.295 e. The van der Waals surface area contributed by atoms with E-state index >= 15 is 0 Å². The molecule has 1 aromatic carbocycles. The number of imidazole rings is 1. The van der Waals surface area contributed by atoms with Gasteiger partial charge in [-0.3, -0.25) is 14.0 Å². The Bertz CT molecular complexity index is 1350. The standard InChI is InChI=1S/C27H32N4O6/c1-16-22(30-12-8-7-10-20(30)28-16)24(32)21-23(31(27(34)25(21)33)13-9-11-29(2)3)17-14-18(35-4)26(37-6)19(15-17)36-5/h7-8,10,12,14-15,23,32H,9,11,13H2,1-6H3/b24-21+/t23-/m0/s1. The van der Waals surface area contributed by atoms with Gasteiger partial charge in [0.1, 0.15) is 11.3 Å². The van der Waals surface area contributed by atoms with Crippen LogP contribution in [0.1, 0.15) is 29.4 Å². The van der Waals surface area contributed by atoms with Gasteiger partial charge in [0.2, 0.25) is 5.75 Å². The van der Waals surface area contributed by atoms with Crippen LogP contribution in [0.5, 0.6) is 17.2 Å². The first-order valence-corrected chi connectivity index (χ1v) is 11.9. The Morgan fingerprint density at radius 2 is 1.76 bits per heavy atom. The molecule has 3 aromatic rings. The van der Waals surface area contributed by atoms with E-state index in [4.69, 9.17) is 14.2 Å². The zero-order valence-electron chi connectivity index (χ0n) is 21.9. The Labute approximate surface area is 215 Å². The Morgan fingerprint density at radius 1 is 1.08 bits per heavy atom. The molecule has 1 atom stereocenters. The lowest BCUT2D eigenvalue weighted by atomic mass is 9.95. The molecule has 196 valence electrons. The molecule has 10 nitrogen and oxygen atoms in total. The monoisotopic (exact) mass is 508 g/mol. The number of aliphatic hydroxyl groups excluding tert-OH is 1. The molecule has 10 heteroatoms. The lowest BCUT2D eigenvalue weighted by Gasteiger charge is -2.27. The third-order valence-corrected chi connectivity index (χ3v) is 6.48. The van der Waals surface area contributed by atoms with E-state index in [1.54, 1.807) is 41.8 Å². The quantitative estimate of drug-likeness (QED) is 0.267. The highest BCUT2D eigenvalue weighted by Gasteiger charge is 2.47. The molecule has 37 heavy (non-hydrogen) atoms. The zero-order valence-corrected chi connectivity index (χ0v) is 21.9. The smallest absolute Gasteiger partial charge is 0.295 e. The van der Waals surface area contributed by atoms with Gasteiger partial charge in [0.15, 0.2) is 17.3 Å². The van der Waals surface area contributed by atoms with Crippen molar-refractivity contribution >= 4 is 23.1 Å². The number of aromatic nitrogens is 2. The van der Waals surface area contributed by atoms with E-state index in [0.29, 0.717) is 52.8 Å². The van der Waals surface area contributed by atoms with Crippen LogP contribution in [0.3, 0.4) is 0 Å². The molecule has 0 bridgehead atoms. The number of benzene rings is 1. The van der Waals surface area contributed by atoms with Crippen LogP contribution in [0.4, 0.5) is 0 Å². The predicted octanol–water partition coefficient (Wildman–Crippen LogP) is 3.04. The van der Waals surface area contributed by atoms with Crippen molar-refractivity contribution in [3.63, 3.8) is 0 Å². The Hall–Kier alpha value is -4.05. The number of ether oxygens (including phenoxy) is 3. The van der Waals surface area contributed by atoms with Gasteiger partial charge >= 0.3 is 0 Å². The highest BCUT2D eigenvalue weighted by molar-refractivity contribution is 6.46. The third-order valence-electron chi connectivity index (χ3n) is 6.48. The lowest BCUT2D eigenvalue weighted by molar-refractivity contribution is -0.139. The van der Waals surface area contributed by atoms with Gasteiger partial charge < -0.3 is 29.1 Å². The summed E-state index contributed by atoms with van der Waals surface area (Å²) in [5.41, 5.74) is 2.04. The van der Waals surface area contributed by atoms with E-state index in [2.05, 4.69) is 4.98 Å². The highest BCUT2D eigenvalue weighted by atomic mass is 16.5. The summed E-state index contributed by atoms with van der Waals surface area (Å²) in [4.78, 5) is 34.8. The summed E-state index contributed by atoms with van der Waals surface area (Å²) < 4.78 is 18.2. The van der Waals surface area contributed by atoms with Gasteiger partial charge in [-0.05, 0) is 63.8 Å². The fourth-order valence-electron chi connectivity index (χ4n) is 4.80. The first-order valence-electron chi connectivity index (χ1n) is 11.9. The third kappa shape index (κ3) is 4.60. The Balaban J connectivity index is 1.95. The summed E-state index contributed by atoms with van der Waals surface area (Å²) in [5, 5.41) is 11.6. The minimum Gasteiger partial charge on any atom is -0.505 e. The Kier molecular flexibility index (Phi) is 7.40. The minimum atomic E-state index is -0.871. The van der Waals surface area contributed by atoms with E-state index in [0.717, 1.165) is 6.54 Å². The lowest BCUT2D eigenvalue weighted by Crippen LogP contribution is -2.32. The van der Waals surface area contributed by atoms with Crippen LogP contribution >= 0.6 is 0 Å². The molecule has 1 saturated heterocycles. The van der Waals surface area contributed by atoms with Gasteiger partial charge in [0, 0.05) is 12.7 Å². The number of likely N-dealkylation sites (tertiary alicyclic amines) is 1. The fourth-order valence-corrected chi connectivity index (χ4v) is 4.80. The first-order chi connectivity index (χ1) is 17.7.